The van der Waals surface area contributed by atoms with E-state index in [1.165, 1.54) is 9.80 Å². The maximum atomic E-state index is 11.9. The van der Waals surface area contributed by atoms with Gasteiger partial charge in [-0.2, -0.15) is 0 Å². The first-order valence-corrected chi connectivity index (χ1v) is 5.28. The fraction of sp³-hybridized carbons (Fsp3) is 0.818. The van der Waals surface area contributed by atoms with Gasteiger partial charge in [0, 0.05) is 21.1 Å². The molecule has 102 valence electrons. The number of nitrogens with two attached hydrogens (primary N) is 1. The Hall–Kier alpha value is -0.810. The summed E-state index contributed by atoms with van der Waals surface area (Å²) in [5.74, 6) is -0.320. The second kappa shape index (κ2) is 6.81. The molecule has 5 nitrogen and oxygen atoms in total. The summed E-state index contributed by atoms with van der Waals surface area (Å²) < 4.78 is 0. The van der Waals surface area contributed by atoms with Gasteiger partial charge in [-0.15, -0.1) is 12.4 Å². The van der Waals surface area contributed by atoms with Crippen LogP contribution in [-0.4, -0.2) is 55.3 Å². The number of carbonyl (C=O) groups excluding carboxylic acids is 2. The van der Waals surface area contributed by atoms with Crippen molar-refractivity contribution < 1.29 is 9.59 Å². The normalized spacial score (nSPS) is 12.4. The Morgan fingerprint density at radius 3 is 1.88 bits per heavy atom. The van der Waals surface area contributed by atoms with Crippen molar-refractivity contribution in [2.45, 2.75) is 26.8 Å². The third-order valence-electron chi connectivity index (χ3n) is 2.45. The topological polar surface area (TPSA) is 66.6 Å². The van der Waals surface area contributed by atoms with Crippen LogP contribution >= 0.6 is 12.4 Å². The van der Waals surface area contributed by atoms with Crippen LogP contribution in [0.15, 0.2) is 0 Å². The first-order valence-electron chi connectivity index (χ1n) is 5.28. The Kier molecular flexibility index (Phi) is 7.43. The minimum atomic E-state index is -0.590. The zero-order valence-electron chi connectivity index (χ0n) is 11.5. The molecule has 0 bridgehead atoms. The lowest BCUT2D eigenvalue weighted by atomic mass is 9.86. The summed E-state index contributed by atoms with van der Waals surface area (Å²) in [6.07, 6.45) is 0. The average molecular weight is 266 g/mol. The number of nitrogens with zero attached hydrogens (tertiary/aromatic N) is 2. The number of hydrogen-bond acceptors (Lipinski definition) is 3. The Morgan fingerprint density at radius 1 is 1.18 bits per heavy atom. The van der Waals surface area contributed by atoms with E-state index in [4.69, 9.17) is 5.73 Å². The van der Waals surface area contributed by atoms with Gasteiger partial charge in [0.05, 0.1) is 12.6 Å². The van der Waals surface area contributed by atoms with Gasteiger partial charge in [0.1, 0.15) is 0 Å². The number of likely N-dealkylation sites (N-methyl/N-ethyl adjacent to an activating group) is 2. The van der Waals surface area contributed by atoms with E-state index in [0.717, 1.165) is 0 Å². The molecule has 0 rings (SSSR count). The maximum Gasteiger partial charge on any atom is 0.241 e. The van der Waals surface area contributed by atoms with Crippen LogP contribution in [-0.2, 0) is 9.59 Å². The molecule has 6 heteroatoms. The van der Waals surface area contributed by atoms with Gasteiger partial charge in [-0.3, -0.25) is 9.59 Å². The highest BCUT2D eigenvalue weighted by Gasteiger charge is 2.30. The molecule has 0 saturated carbocycles. The lowest BCUT2D eigenvalue weighted by molar-refractivity contribution is -0.140. The number of rotatable bonds is 3. The predicted molar refractivity (Wildman–Crippen MR) is 71.0 cm³/mol. The van der Waals surface area contributed by atoms with Crippen LogP contribution in [0.2, 0.25) is 0 Å². The Morgan fingerprint density at radius 2 is 1.59 bits per heavy atom. The van der Waals surface area contributed by atoms with Crippen molar-refractivity contribution in [2.75, 3.05) is 27.7 Å². The second-order valence-electron chi connectivity index (χ2n) is 5.33. The fourth-order valence-electron chi connectivity index (χ4n) is 1.03. The molecule has 0 aliphatic rings. The highest BCUT2D eigenvalue weighted by molar-refractivity contribution is 5.87. The summed E-state index contributed by atoms with van der Waals surface area (Å²) in [7, 11) is 4.91. The maximum absolute atomic E-state index is 11.9. The Bertz CT molecular complexity index is 274. The smallest absolute Gasteiger partial charge is 0.241 e. The summed E-state index contributed by atoms with van der Waals surface area (Å²) >= 11 is 0. The van der Waals surface area contributed by atoms with Crippen molar-refractivity contribution in [3.05, 3.63) is 0 Å². The van der Waals surface area contributed by atoms with Gasteiger partial charge in [0.15, 0.2) is 0 Å². The summed E-state index contributed by atoms with van der Waals surface area (Å²) in [4.78, 5) is 26.1. The predicted octanol–water partition coefficient (Wildman–Crippen LogP) is 0.328. The van der Waals surface area contributed by atoms with E-state index in [1.54, 1.807) is 21.1 Å². The number of amides is 2. The van der Waals surface area contributed by atoms with Crippen LogP contribution in [0.1, 0.15) is 20.8 Å². The van der Waals surface area contributed by atoms with E-state index in [0.29, 0.717) is 0 Å². The summed E-state index contributed by atoms with van der Waals surface area (Å²) in [5.41, 5.74) is 5.53. The lowest BCUT2D eigenvalue weighted by Crippen LogP contribution is -2.51. The molecule has 2 N–H and O–H groups in total. The summed E-state index contributed by atoms with van der Waals surface area (Å²) in [5, 5.41) is 0. The number of halogens is 1. The molecule has 0 aromatic heterocycles. The van der Waals surface area contributed by atoms with E-state index in [1.807, 2.05) is 20.8 Å². The molecule has 0 aromatic rings. The zero-order valence-corrected chi connectivity index (χ0v) is 12.3. The van der Waals surface area contributed by atoms with Gasteiger partial charge in [-0.05, 0) is 5.41 Å². The highest BCUT2D eigenvalue weighted by atomic mass is 35.5. The first-order chi connectivity index (χ1) is 7.07. The van der Waals surface area contributed by atoms with Crippen molar-refractivity contribution in [1.29, 1.82) is 0 Å². The summed E-state index contributed by atoms with van der Waals surface area (Å²) in [6, 6.07) is -0.590. The first kappa shape index (κ1) is 18.6. The standard InChI is InChI=1S/C11H23N3O2.ClH/c1-11(2,3)9(12)10(16)14(6)7-8(15)13(4)5;/h9H,7,12H2,1-6H3;1H/t9-;/m1./s1. The van der Waals surface area contributed by atoms with Gasteiger partial charge in [-0.25, -0.2) is 0 Å². The molecule has 0 aromatic carbocycles. The van der Waals surface area contributed by atoms with Crippen LogP contribution in [0.3, 0.4) is 0 Å². The van der Waals surface area contributed by atoms with E-state index >= 15 is 0 Å². The molecular weight excluding hydrogens is 242 g/mol. The van der Waals surface area contributed by atoms with Crippen molar-refractivity contribution in [3.63, 3.8) is 0 Å². The van der Waals surface area contributed by atoms with E-state index in [9.17, 15) is 9.59 Å². The zero-order chi connectivity index (χ0) is 13.1. The molecule has 0 fully saturated rings. The average Bonchev–Trinajstić information content (AvgIpc) is 2.13. The van der Waals surface area contributed by atoms with Crippen LogP contribution < -0.4 is 5.73 Å². The van der Waals surface area contributed by atoms with E-state index < -0.39 is 6.04 Å². The Balaban J connectivity index is 0. The van der Waals surface area contributed by atoms with Crippen molar-refractivity contribution >= 4 is 24.2 Å². The third-order valence-corrected chi connectivity index (χ3v) is 2.45. The number of carbonyl (C=O) groups is 2. The molecule has 17 heavy (non-hydrogen) atoms. The van der Waals surface area contributed by atoms with Gasteiger partial charge < -0.3 is 15.5 Å². The minimum absolute atomic E-state index is 0. The molecule has 0 unspecified atom stereocenters. The second-order valence-corrected chi connectivity index (χ2v) is 5.33. The van der Waals surface area contributed by atoms with Crippen molar-refractivity contribution in [1.82, 2.24) is 9.80 Å². The van der Waals surface area contributed by atoms with Gasteiger partial charge >= 0.3 is 0 Å². The molecule has 0 saturated heterocycles. The largest absolute Gasteiger partial charge is 0.347 e. The molecule has 0 aliphatic carbocycles. The highest BCUT2D eigenvalue weighted by Crippen LogP contribution is 2.18. The molecular formula is C11H24ClN3O2. The van der Waals surface area contributed by atoms with Crippen LogP contribution in [0.5, 0.6) is 0 Å². The van der Waals surface area contributed by atoms with E-state index in [2.05, 4.69) is 0 Å². The van der Waals surface area contributed by atoms with Gasteiger partial charge in [0.2, 0.25) is 11.8 Å². The quantitative estimate of drug-likeness (QED) is 0.800. The van der Waals surface area contributed by atoms with Crippen molar-refractivity contribution in [2.24, 2.45) is 11.1 Å². The minimum Gasteiger partial charge on any atom is -0.347 e. The molecule has 1 atom stereocenters. The van der Waals surface area contributed by atoms with Gasteiger partial charge in [0.25, 0.3) is 0 Å². The van der Waals surface area contributed by atoms with Gasteiger partial charge in [-0.1, -0.05) is 20.8 Å². The fourth-order valence-corrected chi connectivity index (χ4v) is 1.03. The molecule has 2 amide bonds. The molecule has 0 radical (unpaired) electrons. The SMILES string of the molecule is CN(C)C(=O)CN(C)C(=O)[C@@H](N)C(C)(C)C.Cl. The van der Waals surface area contributed by atoms with Crippen LogP contribution in [0, 0.1) is 5.41 Å². The van der Waals surface area contributed by atoms with Crippen LogP contribution in [0.25, 0.3) is 0 Å². The third kappa shape index (κ3) is 5.89. The molecule has 0 spiro atoms. The monoisotopic (exact) mass is 265 g/mol. The lowest BCUT2D eigenvalue weighted by Gasteiger charge is -2.30. The van der Waals surface area contributed by atoms with Crippen molar-refractivity contribution in [3.8, 4) is 0 Å². The van der Waals surface area contributed by atoms with Crippen LogP contribution in [0.4, 0.5) is 0 Å². The molecule has 0 aliphatic heterocycles. The Labute approximate surface area is 110 Å². The molecule has 0 heterocycles. The summed E-state index contributed by atoms with van der Waals surface area (Å²) in [6.45, 7) is 5.77. The van der Waals surface area contributed by atoms with E-state index in [-0.39, 0.29) is 36.2 Å². The number of hydrogen-bond donors (Lipinski definition) is 1.